The second-order valence-electron chi connectivity index (χ2n) is 6.33. The zero-order valence-electron chi connectivity index (χ0n) is 13.4. The molecule has 1 aliphatic heterocycles. The average Bonchev–Trinajstić information content (AvgIpc) is 3.24. The highest BCUT2D eigenvalue weighted by Gasteiger charge is 2.16. The van der Waals surface area contributed by atoms with E-state index in [0.29, 0.717) is 5.56 Å². The molecule has 3 aromatic rings. The summed E-state index contributed by atoms with van der Waals surface area (Å²) in [5, 5.41) is 11.0. The lowest BCUT2D eigenvalue weighted by atomic mass is 10.1. The van der Waals surface area contributed by atoms with Gasteiger partial charge >= 0.3 is 0 Å². The molecule has 4 heteroatoms. The van der Waals surface area contributed by atoms with Crippen LogP contribution in [0.2, 0.25) is 5.02 Å². The van der Waals surface area contributed by atoms with Gasteiger partial charge in [0.05, 0.1) is 17.1 Å². The van der Waals surface area contributed by atoms with Crippen LogP contribution in [0.1, 0.15) is 24.0 Å². The molecule has 120 valence electrons. The van der Waals surface area contributed by atoms with Gasteiger partial charge in [-0.15, -0.1) is 0 Å². The van der Waals surface area contributed by atoms with Crippen LogP contribution in [0.5, 0.6) is 0 Å². The molecule has 2 heterocycles. The quantitative estimate of drug-likeness (QED) is 0.691. The number of nitriles is 1. The third-order valence-corrected chi connectivity index (χ3v) is 4.95. The number of benzene rings is 2. The highest BCUT2D eigenvalue weighted by molar-refractivity contribution is 6.31. The Kier molecular flexibility index (Phi) is 4.02. The van der Waals surface area contributed by atoms with E-state index in [4.69, 9.17) is 16.9 Å². The van der Waals surface area contributed by atoms with E-state index in [0.717, 1.165) is 22.8 Å². The normalized spacial score (nSPS) is 15.0. The summed E-state index contributed by atoms with van der Waals surface area (Å²) in [5.74, 6) is 0. The van der Waals surface area contributed by atoms with Gasteiger partial charge in [0.15, 0.2) is 0 Å². The molecule has 0 amide bonds. The van der Waals surface area contributed by atoms with Gasteiger partial charge in [-0.1, -0.05) is 11.6 Å². The van der Waals surface area contributed by atoms with Crippen molar-refractivity contribution in [2.24, 2.45) is 0 Å². The van der Waals surface area contributed by atoms with Crippen molar-refractivity contribution in [1.29, 1.82) is 5.26 Å². The van der Waals surface area contributed by atoms with Gasteiger partial charge in [-0.2, -0.15) is 5.26 Å². The summed E-state index contributed by atoms with van der Waals surface area (Å²) in [6.45, 7) is 3.30. The van der Waals surface area contributed by atoms with Crippen LogP contribution in [-0.4, -0.2) is 22.6 Å². The van der Waals surface area contributed by atoms with Crippen LogP contribution >= 0.6 is 11.6 Å². The molecule has 3 nitrogen and oxygen atoms in total. The summed E-state index contributed by atoms with van der Waals surface area (Å²) in [6.07, 6.45) is 4.78. The topological polar surface area (TPSA) is 32.0 Å². The van der Waals surface area contributed by atoms with E-state index in [2.05, 4.69) is 33.9 Å². The van der Waals surface area contributed by atoms with Crippen LogP contribution in [0, 0.1) is 11.3 Å². The Morgan fingerprint density at radius 3 is 2.50 bits per heavy atom. The molecule has 1 aromatic heterocycles. The van der Waals surface area contributed by atoms with Crippen LogP contribution in [0.25, 0.3) is 16.6 Å². The molecule has 0 spiro atoms. The summed E-state index contributed by atoms with van der Waals surface area (Å²) in [6, 6.07) is 15.9. The Morgan fingerprint density at radius 1 is 1.04 bits per heavy atom. The first-order chi connectivity index (χ1) is 11.7. The molecule has 0 saturated carbocycles. The molecule has 1 saturated heterocycles. The van der Waals surface area contributed by atoms with Crippen molar-refractivity contribution in [3.05, 3.63) is 64.8 Å². The molecule has 2 aromatic carbocycles. The van der Waals surface area contributed by atoms with E-state index in [9.17, 15) is 0 Å². The lowest BCUT2D eigenvalue weighted by Gasteiger charge is -2.13. The summed E-state index contributed by atoms with van der Waals surface area (Å²) in [5.41, 5.74) is 4.20. The lowest BCUT2D eigenvalue weighted by molar-refractivity contribution is 0.332. The third kappa shape index (κ3) is 2.80. The monoisotopic (exact) mass is 335 g/mol. The Hall–Kier alpha value is -2.28. The second kappa shape index (κ2) is 6.32. The zero-order chi connectivity index (χ0) is 16.5. The van der Waals surface area contributed by atoms with Crippen molar-refractivity contribution in [2.75, 3.05) is 13.1 Å². The largest absolute Gasteiger partial charge is 0.316 e. The molecular weight excluding hydrogens is 318 g/mol. The number of nitrogens with zero attached hydrogens (tertiary/aromatic N) is 3. The van der Waals surface area contributed by atoms with Crippen LogP contribution in [0.15, 0.2) is 48.7 Å². The minimum absolute atomic E-state index is 0.676. The van der Waals surface area contributed by atoms with E-state index in [-0.39, 0.29) is 0 Å². The van der Waals surface area contributed by atoms with Gasteiger partial charge in [-0.25, -0.2) is 0 Å². The fraction of sp³-hybridized carbons (Fsp3) is 0.250. The predicted octanol–water partition coefficient (Wildman–Crippen LogP) is 4.75. The number of hydrogen-bond acceptors (Lipinski definition) is 2. The summed E-state index contributed by atoms with van der Waals surface area (Å²) in [7, 11) is 0. The van der Waals surface area contributed by atoms with Crippen molar-refractivity contribution < 1.29 is 0 Å². The Bertz CT molecular complexity index is 912. The van der Waals surface area contributed by atoms with Crippen molar-refractivity contribution in [3.63, 3.8) is 0 Å². The van der Waals surface area contributed by atoms with Gasteiger partial charge in [0.1, 0.15) is 0 Å². The van der Waals surface area contributed by atoms with Crippen molar-refractivity contribution in [3.8, 4) is 11.8 Å². The molecule has 1 fully saturated rings. The summed E-state index contributed by atoms with van der Waals surface area (Å²) < 4.78 is 2.19. The van der Waals surface area contributed by atoms with E-state index >= 15 is 0 Å². The van der Waals surface area contributed by atoms with Crippen LogP contribution < -0.4 is 0 Å². The predicted molar refractivity (Wildman–Crippen MR) is 97.5 cm³/mol. The third-order valence-electron chi connectivity index (χ3n) is 4.72. The van der Waals surface area contributed by atoms with E-state index in [1.165, 1.54) is 36.9 Å². The van der Waals surface area contributed by atoms with Gasteiger partial charge in [-0.3, -0.25) is 4.90 Å². The first kappa shape index (κ1) is 15.3. The molecule has 4 rings (SSSR count). The molecule has 0 bridgehead atoms. The first-order valence-corrected chi connectivity index (χ1v) is 8.65. The lowest BCUT2D eigenvalue weighted by Crippen LogP contribution is -2.18. The Morgan fingerprint density at radius 2 is 1.79 bits per heavy atom. The van der Waals surface area contributed by atoms with Crippen LogP contribution in [0.4, 0.5) is 0 Å². The number of rotatable bonds is 3. The number of hydrogen-bond donors (Lipinski definition) is 0. The molecule has 1 aliphatic rings. The van der Waals surface area contributed by atoms with Crippen LogP contribution in [0.3, 0.4) is 0 Å². The molecule has 0 N–H and O–H groups in total. The first-order valence-electron chi connectivity index (χ1n) is 8.27. The van der Waals surface area contributed by atoms with Crippen LogP contribution in [-0.2, 0) is 6.54 Å². The van der Waals surface area contributed by atoms with Gasteiger partial charge < -0.3 is 4.57 Å². The maximum Gasteiger partial charge on any atom is 0.0991 e. The molecule has 0 radical (unpaired) electrons. The highest BCUT2D eigenvalue weighted by Crippen LogP contribution is 2.29. The fourth-order valence-electron chi connectivity index (χ4n) is 3.49. The Balaban J connectivity index is 1.81. The second-order valence-corrected chi connectivity index (χ2v) is 6.76. The van der Waals surface area contributed by atoms with Gasteiger partial charge in [0.25, 0.3) is 0 Å². The van der Waals surface area contributed by atoms with E-state index in [1.807, 2.05) is 30.3 Å². The zero-order valence-corrected chi connectivity index (χ0v) is 14.1. The van der Waals surface area contributed by atoms with Gasteiger partial charge in [0.2, 0.25) is 0 Å². The maximum absolute atomic E-state index is 8.99. The van der Waals surface area contributed by atoms with Gasteiger partial charge in [-0.05, 0) is 74.0 Å². The standard InChI is InChI=1S/C20H18ClN3/c21-17-5-8-20-19(11-17)16(13-23-9-1-2-10-23)14-24(20)18-6-3-15(12-22)4-7-18/h3-8,11,14H,1-2,9-10,13H2. The molecule has 0 aliphatic carbocycles. The summed E-state index contributed by atoms with van der Waals surface area (Å²) in [4.78, 5) is 2.50. The molecule has 0 unspecified atom stereocenters. The van der Waals surface area contributed by atoms with Crippen molar-refractivity contribution in [1.82, 2.24) is 9.47 Å². The average molecular weight is 336 g/mol. The van der Waals surface area contributed by atoms with Crippen molar-refractivity contribution >= 4 is 22.5 Å². The van der Waals surface area contributed by atoms with E-state index < -0.39 is 0 Å². The number of fused-ring (bicyclic) bond motifs is 1. The summed E-state index contributed by atoms with van der Waals surface area (Å²) >= 11 is 6.24. The molecular formula is C20H18ClN3. The van der Waals surface area contributed by atoms with E-state index in [1.54, 1.807) is 0 Å². The molecule has 0 atom stereocenters. The minimum atomic E-state index is 0.676. The highest BCUT2D eigenvalue weighted by atomic mass is 35.5. The fourth-order valence-corrected chi connectivity index (χ4v) is 3.66. The molecule has 24 heavy (non-hydrogen) atoms. The number of aromatic nitrogens is 1. The number of likely N-dealkylation sites (tertiary alicyclic amines) is 1. The Labute approximate surface area is 146 Å². The number of halogens is 1. The minimum Gasteiger partial charge on any atom is -0.316 e. The van der Waals surface area contributed by atoms with Crippen molar-refractivity contribution in [2.45, 2.75) is 19.4 Å². The maximum atomic E-state index is 8.99. The SMILES string of the molecule is N#Cc1ccc(-n2cc(CN3CCCC3)c3cc(Cl)ccc32)cc1. The smallest absolute Gasteiger partial charge is 0.0991 e. The van der Waals surface area contributed by atoms with Gasteiger partial charge in [0, 0.05) is 28.8 Å².